The van der Waals surface area contributed by atoms with E-state index in [4.69, 9.17) is 0 Å². The Kier molecular flexibility index (Phi) is 5.26. The van der Waals surface area contributed by atoms with Gasteiger partial charge in [0.25, 0.3) is 0 Å². The lowest BCUT2D eigenvalue weighted by Crippen LogP contribution is -2.21. The van der Waals surface area contributed by atoms with Gasteiger partial charge >= 0.3 is 0 Å². The SMILES string of the molecule is CNC(CC1CCCCC1)c1cccc(N(C)C)c1. The van der Waals surface area contributed by atoms with Gasteiger partial charge in [0.05, 0.1) is 0 Å². The van der Waals surface area contributed by atoms with Crippen molar-refractivity contribution >= 4 is 5.69 Å². The molecular weight excluding hydrogens is 232 g/mol. The molecule has 1 saturated carbocycles. The van der Waals surface area contributed by atoms with Crippen LogP contribution in [0.4, 0.5) is 5.69 Å². The fourth-order valence-electron chi connectivity index (χ4n) is 3.20. The summed E-state index contributed by atoms with van der Waals surface area (Å²) in [7, 11) is 6.30. The molecule has 1 atom stereocenters. The predicted molar refractivity (Wildman–Crippen MR) is 83.8 cm³/mol. The van der Waals surface area contributed by atoms with E-state index in [-0.39, 0.29) is 0 Å². The topological polar surface area (TPSA) is 15.3 Å². The third-order valence-electron chi connectivity index (χ3n) is 4.43. The van der Waals surface area contributed by atoms with Gasteiger partial charge in [0.15, 0.2) is 0 Å². The maximum atomic E-state index is 3.51. The molecule has 2 heteroatoms. The average molecular weight is 260 g/mol. The van der Waals surface area contributed by atoms with E-state index in [0.29, 0.717) is 6.04 Å². The summed E-state index contributed by atoms with van der Waals surface area (Å²) in [5.74, 6) is 0.911. The number of benzene rings is 1. The monoisotopic (exact) mass is 260 g/mol. The first-order valence-corrected chi connectivity index (χ1v) is 7.65. The quantitative estimate of drug-likeness (QED) is 0.861. The summed E-state index contributed by atoms with van der Waals surface area (Å²) in [6, 6.07) is 9.44. The van der Waals surface area contributed by atoms with Gasteiger partial charge in [-0.1, -0.05) is 44.2 Å². The summed E-state index contributed by atoms with van der Waals surface area (Å²) in [4.78, 5) is 2.18. The molecule has 0 bridgehead atoms. The van der Waals surface area contributed by atoms with Gasteiger partial charge in [0.1, 0.15) is 0 Å². The van der Waals surface area contributed by atoms with Gasteiger partial charge in [-0.05, 0) is 37.1 Å². The van der Waals surface area contributed by atoms with Crippen molar-refractivity contribution in [2.45, 2.75) is 44.6 Å². The number of hydrogen-bond acceptors (Lipinski definition) is 2. The summed E-state index contributed by atoms with van der Waals surface area (Å²) in [5, 5.41) is 3.51. The van der Waals surface area contributed by atoms with Crippen LogP contribution in [0.25, 0.3) is 0 Å². The Morgan fingerprint density at radius 2 is 1.95 bits per heavy atom. The summed E-state index contributed by atoms with van der Waals surface area (Å²) >= 11 is 0. The van der Waals surface area contributed by atoms with Crippen molar-refractivity contribution < 1.29 is 0 Å². The first-order chi connectivity index (χ1) is 9.20. The van der Waals surface area contributed by atoms with Crippen LogP contribution in [0.1, 0.15) is 50.1 Å². The lowest BCUT2D eigenvalue weighted by molar-refractivity contribution is 0.306. The first kappa shape index (κ1) is 14.4. The molecule has 1 aliphatic rings. The minimum Gasteiger partial charge on any atom is -0.378 e. The molecule has 0 radical (unpaired) electrons. The van der Waals surface area contributed by atoms with Crippen LogP contribution in [-0.2, 0) is 0 Å². The van der Waals surface area contributed by atoms with Crippen molar-refractivity contribution in [2.24, 2.45) is 5.92 Å². The molecule has 0 spiro atoms. The molecule has 2 rings (SSSR count). The second-order valence-electron chi connectivity index (χ2n) is 6.07. The maximum Gasteiger partial charge on any atom is 0.0364 e. The van der Waals surface area contributed by atoms with Gasteiger partial charge in [-0.15, -0.1) is 0 Å². The van der Waals surface area contributed by atoms with Gasteiger partial charge in [-0.25, -0.2) is 0 Å². The third-order valence-corrected chi connectivity index (χ3v) is 4.43. The molecule has 0 saturated heterocycles. The Morgan fingerprint density at radius 1 is 1.21 bits per heavy atom. The molecule has 106 valence electrons. The zero-order chi connectivity index (χ0) is 13.7. The molecule has 1 fully saturated rings. The number of anilines is 1. The smallest absolute Gasteiger partial charge is 0.0364 e. The standard InChI is InChI=1S/C17H28N2/c1-18-17(12-14-8-5-4-6-9-14)15-10-7-11-16(13-15)19(2)3/h7,10-11,13-14,17-18H,4-6,8-9,12H2,1-3H3. The van der Waals surface area contributed by atoms with E-state index in [1.165, 1.54) is 49.8 Å². The number of hydrogen-bond donors (Lipinski definition) is 1. The highest BCUT2D eigenvalue weighted by molar-refractivity contribution is 5.47. The summed E-state index contributed by atoms with van der Waals surface area (Å²) in [6.45, 7) is 0. The highest BCUT2D eigenvalue weighted by Crippen LogP contribution is 2.32. The van der Waals surface area contributed by atoms with Crippen LogP contribution >= 0.6 is 0 Å². The predicted octanol–water partition coefficient (Wildman–Crippen LogP) is 3.98. The fraction of sp³-hybridized carbons (Fsp3) is 0.647. The summed E-state index contributed by atoms with van der Waals surface area (Å²) < 4.78 is 0. The van der Waals surface area contributed by atoms with Gasteiger partial charge in [0, 0.05) is 25.8 Å². The lowest BCUT2D eigenvalue weighted by Gasteiger charge is -2.27. The molecule has 1 N–H and O–H groups in total. The third kappa shape index (κ3) is 3.97. The molecule has 19 heavy (non-hydrogen) atoms. The van der Waals surface area contributed by atoms with Crippen LogP contribution in [-0.4, -0.2) is 21.1 Å². The van der Waals surface area contributed by atoms with Crippen molar-refractivity contribution in [1.82, 2.24) is 5.32 Å². The van der Waals surface area contributed by atoms with Crippen molar-refractivity contribution in [1.29, 1.82) is 0 Å². The van der Waals surface area contributed by atoms with E-state index in [9.17, 15) is 0 Å². The minimum atomic E-state index is 0.503. The van der Waals surface area contributed by atoms with Gasteiger partial charge in [-0.2, -0.15) is 0 Å². The number of nitrogens with one attached hydrogen (secondary N) is 1. The molecule has 0 heterocycles. The van der Waals surface area contributed by atoms with E-state index in [1.807, 2.05) is 0 Å². The summed E-state index contributed by atoms with van der Waals surface area (Å²) in [5.41, 5.74) is 2.72. The maximum absolute atomic E-state index is 3.51. The Bertz CT molecular complexity index is 381. The molecular formula is C17H28N2. The molecule has 1 aromatic rings. The highest BCUT2D eigenvalue weighted by Gasteiger charge is 2.19. The lowest BCUT2D eigenvalue weighted by atomic mass is 9.83. The molecule has 0 amide bonds. The van der Waals surface area contributed by atoms with E-state index < -0.39 is 0 Å². The zero-order valence-corrected chi connectivity index (χ0v) is 12.7. The van der Waals surface area contributed by atoms with E-state index in [1.54, 1.807) is 0 Å². The molecule has 2 nitrogen and oxygen atoms in total. The fourth-order valence-corrected chi connectivity index (χ4v) is 3.20. The Morgan fingerprint density at radius 3 is 2.58 bits per heavy atom. The second-order valence-corrected chi connectivity index (χ2v) is 6.07. The Balaban J connectivity index is 2.05. The van der Waals surface area contributed by atoms with Crippen LogP contribution in [0.2, 0.25) is 0 Å². The largest absolute Gasteiger partial charge is 0.378 e. The van der Waals surface area contributed by atoms with Crippen LogP contribution in [0, 0.1) is 5.92 Å². The van der Waals surface area contributed by atoms with Crippen molar-refractivity contribution in [2.75, 3.05) is 26.0 Å². The van der Waals surface area contributed by atoms with Gasteiger partial charge < -0.3 is 10.2 Å². The van der Waals surface area contributed by atoms with Crippen LogP contribution in [0.3, 0.4) is 0 Å². The Hall–Kier alpha value is -1.02. The minimum absolute atomic E-state index is 0.503. The number of rotatable bonds is 5. The number of nitrogens with zero attached hydrogens (tertiary/aromatic N) is 1. The molecule has 1 unspecified atom stereocenters. The van der Waals surface area contributed by atoms with E-state index >= 15 is 0 Å². The van der Waals surface area contributed by atoms with Crippen molar-refractivity contribution in [3.05, 3.63) is 29.8 Å². The van der Waals surface area contributed by atoms with E-state index in [0.717, 1.165) is 5.92 Å². The molecule has 1 aliphatic carbocycles. The Labute approximate surface area is 118 Å². The molecule has 1 aromatic carbocycles. The highest BCUT2D eigenvalue weighted by atomic mass is 15.1. The first-order valence-electron chi connectivity index (χ1n) is 7.65. The zero-order valence-electron chi connectivity index (χ0n) is 12.7. The van der Waals surface area contributed by atoms with Crippen LogP contribution in [0.15, 0.2) is 24.3 Å². The average Bonchev–Trinajstić information content (AvgIpc) is 2.46. The van der Waals surface area contributed by atoms with Crippen LogP contribution < -0.4 is 10.2 Å². The molecule has 0 aromatic heterocycles. The van der Waals surface area contributed by atoms with E-state index in [2.05, 4.69) is 55.6 Å². The van der Waals surface area contributed by atoms with Crippen LogP contribution in [0.5, 0.6) is 0 Å². The normalized spacial score (nSPS) is 18.3. The second kappa shape index (κ2) is 6.95. The molecule has 0 aliphatic heterocycles. The van der Waals surface area contributed by atoms with Crippen molar-refractivity contribution in [3.63, 3.8) is 0 Å². The van der Waals surface area contributed by atoms with Gasteiger partial charge in [0.2, 0.25) is 0 Å². The van der Waals surface area contributed by atoms with Gasteiger partial charge in [-0.3, -0.25) is 0 Å². The summed E-state index contributed by atoms with van der Waals surface area (Å²) in [6.07, 6.45) is 8.43. The van der Waals surface area contributed by atoms with Crippen molar-refractivity contribution in [3.8, 4) is 0 Å².